The lowest BCUT2D eigenvalue weighted by Crippen LogP contribution is -2.29. The second-order valence-corrected chi connectivity index (χ2v) is 4.06. The molecule has 1 aromatic rings. The van der Waals surface area contributed by atoms with E-state index in [4.69, 9.17) is 0 Å². The van der Waals surface area contributed by atoms with Gasteiger partial charge in [0.15, 0.2) is 0 Å². The van der Waals surface area contributed by atoms with E-state index in [1.165, 1.54) is 12.1 Å². The lowest BCUT2D eigenvalue weighted by molar-refractivity contribution is 0.616. The third-order valence-corrected chi connectivity index (χ3v) is 3.07. The molecule has 1 aliphatic rings. The molecule has 15 heavy (non-hydrogen) atoms. The lowest BCUT2D eigenvalue weighted by Gasteiger charge is -2.17. The Kier molecular flexibility index (Phi) is 3.21. The number of hydrogen-bond acceptors (Lipinski definition) is 3. The van der Waals surface area contributed by atoms with Gasteiger partial charge in [-0.3, -0.25) is 0 Å². The second kappa shape index (κ2) is 4.62. The number of rotatable bonds is 3. The number of nitrogens with one attached hydrogen (secondary N) is 1. The molecule has 0 saturated carbocycles. The summed E-state index contributed by atoms with van der Waals surface area (Å²) in [6.45, 7) is 4.34. The summed E-state index contributed by atoms with van der Waals surface area (Å²) >= 11 is 0. The van der Waals surface area contributed by atoms with Gasteiger partial charge in [-0.2, -0.15) is 0 Å². The first-order valence-corrected chi connectivity index (χ1v) is 5.71. The molecule has 0 bridgehead atoms. The molecular weight excluding hydrogens is 186 g/mol. The van der Waals surface area contributed by atoms with Crippen LogP contribution in [0.2, 0.25) is 0 Å². The predicted molar refractivity (Wildman–Crippen MR) is 63.3 cm³/mol. The van der Waals surface area contributed by atoms with Crippen LogP contribution in [0.25, 0.3) is 0 Å². The van der Waals surface area contributed by atoms with Gasteiger partial charge in [-0.25, -0.2) is 4.98 Å². The summed E-state index contributed by atoms with van der Waals surface area (Å²) < 4.78 is 0. The highest BCUT2D eigenvalue weighted by Crippen LogP contribution is 2.18. The molecule has 0 radical (unpaired) electrons. The van der Waals surface area contributed by atoms with E-state index >= 15 is 0 Å². The van der Waals surface area contributed by atoms with Crippen LogP contribution >= 0.6 is 0 Å². The van der Waals surface area contributed by atoms with Crippen LogP contribution in [0.5, 0.6) is 0 Å². The fourth-order valence-corrected chi connectivity index (χ4v) is 2.04. The zero-order chi connectivity index (χ0) is 10.7. The van der Waals surface area contributed by atoms with E-state index in [2.05, 4.69) is 40.3 Å². The maximum atomic E-state index is 4.64. The van der Waals surface area contributed by atoms with Crippen LogP contribution in [0.1, 0.15) is 19.0 Å². The molecule has 2 heterocycles. The largest absolute Gasteiger partial charge is 0.355 e. The number of anilines is 1. The van der Waals surface area contributed by atoms with Gasteiger partial charge >= 0.3 is 0 Å². The number of likely N-dealkylation sites (N-methyl/N-ethyl adjacent to an activating group) is 1. The van der Waals surface area contributed by atoms with Gasteiger partial charge in [0.1, 0.15) is 5.82 Å². The Bertz CT molecular complexity index is 324. The number of nitrogens with zero attached hydrogens (tertiary/aromatic N) is 2. The topological polar surface area (TPSA) is 28.2 Å². The normalized spacial score (nSPS) is 20.9. The Morgan fingerprint density at radius 1 is 1.53 bits per heavy atom. The number of aryl methyl sites for hydroxylation is 1. The van der Waals surface area contributed by atoms with Crippen molar-refractivity contribution in [2.75, 3.05) is 25.0 Å². The average Bonchev–Trinajstić information content (AvgIpc) is 2.78. The van der Waals surface area contributed by atoms with Crippen molar-refractivity contribution >= 4 is 5.82 Å². The first-order chi connectivity index (χ1) is 7.33. The molecule has 2 rings (SSSR count). The van der Waals surface area contributed by atoms with Crippen molar-refractivity contribution in [2.24, 2.45) is 0 Å². The van der Waals surface area contributed by atoms with Crippen molar-refractivity contribution in [3.05, 3.63) is 23.9 Å². The molecule has 1 N–H and O–H groups in total. The summed E-state index contributed by atoms with van der Waals surface area (Å²) in [7, 11) is 2.03. The Labute approximate surface area is 91.5 Å². The fraction of sp³-hybridized carbons (Fsp3) is 0.583. The smallest absolute Gasteiger partial charge is 0.128 e. The van der Waals surface area contributed by atoms with Crippen molar-refractivity contribution in [1.29, 1.82) is 0 Å². The lowest BCUT2D eigenvalue weighted by atomic mass is 10.3. The third-order valence-electron chi connectivity index (χ3n) is 3.07. The van der Waals surface area contributed by atoms with Crippen molar-refractivity contribution in [3.63, 3.8) is 0 Å². The van der Waals surface area contributed by atoms with Gasteiger partial charge in [0.05, 0.1) is 0 Å². The fourth-order valence-electron chi connectivity index (χ4n) is 2.04. The molecule has 0 aliphatic carbocycles. The number of pyridine rings is 1. The quantitative estimate of drug-likeness (QED) is 0.809. The van der Waals surface area contributed by atoms with Crippen LogP contribution in [0.4, 0.5) is 5.82 Å². The van der Waals surface area contributed by atoms with E-state index in [0.717, 1.165) is 25.3 Å². The zero-order valence-corrected chi connectivity index (χ0v) is 9.53. The minimum absolute atomic E-state index is 0.622. The van der Waals surface area contributed by atoms with Gasteiger partial charge in [-0.15, -0.1) is 0 Å². The van der Waals surface area contributed by atoms with Gasteiger partial charge in [0.25, 0.3) is 0 Å². The Balaban J connectivity index is 2.09. The average molecular weight is 205 g/mol. The highest BCUT2D eigenvalue weighted by atomic mass is 15.2. The van der Waals surface area contributed by atoms with E-state index in [-0.39, 0.29) is 0 Å². The van der Waals surface area contributed by atoms with Crippen LogP contribution in [-0.4, -0.2) is 31.2 Å². The molecule has 3 nitrogen and oxygen atoms in total. The first-order valence-electron chi connectivity index (χ1n) is 5.71. The summed E-state index contributed by atoms with van der Waals surface area (Å²) in [4.78, 5) is 7.00. The summed E-state index contributed by atoms with van der Waals surface area (Å²) in [5.41, 5.74) is 1.18. The van der Waals surface area contributed by atoms with E-state index in [9.17, 15) is 0 Å². The molecule has 3 heteroatoms. The van der Waals surface area contributed by atoms with Gasteiger partial charge < -0.3 is 10.2 Å². The SMILES string of the molecule is CCc1cccc(N2CC[C@@H](NC)C2)n1. The molecule has 0 amide bonds. The molecule has 1 atom stereocenters. The standard InChI is InChI=1S/C12H19N3/c1-3-10-5-4-6-12(14-10)15-8-7-11(9-15)13-2/h4-6,11,13H,3,7-9H2,1-2H3/t11-/m1/s1. The monoisotopic (exact) mass is 205 g/mol. The highest BCUT2D eigenvalue weighted by molar-refractivity contribution is 5.40. The van der Waals surface area contributed by atoms with Crippen LogP contribution in [-0.2, 0) is 6.42 Å². The molecule has 0 unspecified atom stereocenters. The minimum atomic E-state index is 0.622. The van der Waals surface area contributed by atoms with Crippen LogP contribution in [0, 0.1) is 0 Å². The minimum Gasteiger partial charge on any atom is -0.355 e. The molecule has 1 aromatic heterocycles. The predicted octanol–water partition coefficient (Wildman–Crippen LogP) is 1.44. The van der Waals surface area contributed by atoms with Crippen molar-refractivity contribution in [3.8, 4) is 0 Å². The van der Waals surface area contributed by atoms with Crippen molar-refractivity contribution in [1.82, 2.24) is 10.3 Å². The maximum Gasteiger partial charge on any atom is 0.128 e. The molecular formula is C12H19N3. The summed E-state index contributed by atoms with van der Waals surface area (Å²) in [5.74, 6) is 1.13. The molecule has 1 saturated heterocycles. The highest BCUT2D eigenvalue weighted by Gasteiger charge is 2.21. The number of hydrogen-bond donors (Lipinski definition) is 1. The summed E-state index contributed by atoms with van der Waals surface area (Å²) in [6.07, 6.45) is 2.23. The molecule has 1 aliphatic heterocycles. The van der Waals surface area contributed by atoms with Gasteiger partial charge in [0, 0.05) is 24.8 Å². The molecule has 0 spiro atoms. The molecule has 82 valence electrons. The van der Waals surface area contributed by atoms with Crippen LogP contribution < -0.4 is 10.2 Å². The van der Waals surface area contributed by atoms with Crippen LogP contribution in [0.15, 0.2) is 18.2 Å². The van der Waals surface area contributed by atoms with E-state index < -0.39 is 0 Å². The van der Waals surface area contributed by atoms with Gasteiger partial charge in [-0.1, -0.05) is 13.0 Å². The first kappa shape index (κ1) is 10.4. The maximum absolute atomic E-state index is 4.64. The Morgan fingerprint density at radius 3 is 3.07 bits per heavy atom. The second-order valence-electron chi connectivity index (χ2n) is 4.06. The van der Waals surface area contributed by atoms with E-state index in [1.807, 2.05) is 7.05 Å². The number of aromatic nitrogens is 1. The van der Waals surface area contributed by atoms with Gasteiger partial charge in [-0.05, 0) is 32.0 Å². The molecule has 0 aromatic carbocycles. The van der Waals surface area contributed by atoms with Crippen molar-refractivity contribution in [2.45, 2.75) is 25.8 Å². The van der Waals surface area contributed by atoms with Crippen molar-refractivity contribution < 1.29 is 0 Å². The summed E-state index contributed by atoms with van der Waals surface area (Å²) in [6, 6.07) is 6.93. The Morgan fingerprint density at radius 2 is 2.40 bits per heavy atom. The molecule has 1 fully saturated rings. The Hall–Kier alpha value is -1.09. The van der Waals surface area contributed by atoms with E-state index in [0.29, 0.717) is 6.04 Å². The third kappa shape index (κ3) is 2.29. The van der Waals surface area contributed by atoms with Crippen LogP contribution in [0.3, 0.4) is 0 Å². The van der Waals surface area contributed by atoms with Gasteiger partial charge in [0.2, 0.25) is 0 Å². The summed E-state index contributed by atoms with van der Waals surface area (Å²) in [5, 5.41) is 3.32. The van der Waals surface area contributed by atoms with E-state index in [1.54, 1.807) is 0 Å². The zero-order valence-electron chi connectivity index (χ0n) is 9.53.